The second kappa shape index (κ2) is 4.25. The number of hydrogen-bond acceptors (Lipinski definition) is 3. The van der Waals surface area contributed by atoms with E-state index >= 15 is 0 Å². The Labute approximate surface area is 101 Å². The molecule has 6 heteroatoms. The van der Waals surface area contributed by atoms with E-state index < -0.39 is 5.91 Å². The van der Waals surface area contributed by atoms with Crippen LogP contribution in [-0.2, 0) is 0 Å². The molecule has 1 amide bonds. The van der Waals surface area contributed by atoms with Gasteiger partial charge in [0.15, 0.2) is 0 Å². The van der Waals surface area contributed by atoms with Gasteiger partial charge in [-0.3, -0.25) is 15.2 Å². The molecule has 4 nitrogen and oxygen atoms in total. The number of nitrogens with two attached hydrogens (primary N) is 1. The molecular weight excluding hydrogens is 249 g/mol. The Morgan fingerprint density at radius 2 is 2.06 bits per heavy atom. The number of nitrogens with zero attached hydrogens (tertiary/aromatic N) is 1. The van der Waals surface area contributed by atoms with Crippen molar-refractivity contribution in [2.24, 2.45) is 5.84 Å². The Kier molecular flexibility index (Phi) is 2.96. The van der Waals surface area contributed by atoms with Crippen molar-refractivity contribution in [1.29, 1.82) is 0 Å². The van der Waals surface area contributed by atoms with Crippen molar-refractivity contribution >= 4 is 40.0 Å². The Balaban J connectivity index is 2.66. The first-order valence-electron chi connectivity index (χ1n) is 4.37. The molecule has 0 aliphatic heterocycles. The number of hydrogen-bond donors (Lipinski definition) is 2. The van der Waals surface area contributed by atoms with Crippen LogP contribution in [0.4, 0.5) is 0 Å². The van der Waals surface area contributed by atoms with Crippen LogP contribution < -0.4 is 11.3 Å². The van der Waals surface area contributed by atoms with Gasteiger partial charge in [-0.05, 0) is 18.2 Å². The molecule has 0 saturated carbocycles. The van der Waals surface area contributed by atoms with Crippen LogP contribution >= 0.6 is 23.2 Å². The lowest BCUT2D eigenvalue weighted by atomic mass is 10.1. The summed E-state index contributed by atoms with van der Waals surface area (Å²) in [4.78, 5) is 15.4. The maximum absolute atomic E-state index is 11.3. The number of benzene rings is 1. The van der Waals surface area contributed by atoms with Gasteiger partial charge in [0.05, 0.1) is 16.1 Å². The van der Waals surface area contributed by atoms with Gasteiger partial charge >= 0.3 is 0 Å². The molecular formula is C10H7Cl2N3O. The number of aromatic nitrogens is 1. The minimum atomic E-state index is -0.416. The minimum Gasteiger partial charge on any atom is -0.290 e. The zero-order chi connectivity index (χ0) is 11.7. The molecule has 2 aromatic rings. The van der Waals surface area contributed by atoms with E-state index in [1.54, 1.807) is 18.2 Å². The number of hydrazine groups is 1. The zero-order valence-corrected chi connectivity index (χ0v) is 9.51. The smallest absolute Gasteiger partial charge is 0.266 e. The summed E-state index contributed by atoms with van der Waals surface area (Å²) in [5, 5.41) is 1.61. The summed E-state index contributed by atoms with van der Waals surface area (Å²) >= 11 is 11.8. The fraction of sp³-hybridized carbons (Fsp3) is 0. The van der Waals surface area contributed by atoms with Crippen molar-refractivity contribution < 1.29 is 4.79 Å². The maximum atomic E-state index is 11.3. The molecule has 0 fully saturated rings. The molecule has 1 aromatic carbocycles. The van der Waals surface area contributed by atoms with E-state index in [0.29, 0.717) is 26.5 Å². The highest BCUT2D eigenvalue weighted by atomic mass is 35.5. The molecule has 0 aliphatic rings. The molecule has 0 saturated heterocycles. The first-order chi connectivity index (χ1) is 7.61. The van der Waals surface area contributed by atoms with Gasteiger partial charge in [0, 0.05) is 16.6 Å². The first kappa shape index (κ1) is 11.1. The van der Waals surface area contributed by atoms with Gasteiger partial charge in [0.1, 0.15) is 0 Å². The van der Waals surface area contributed by atoms with Gasteiger partial charge in [-0.1, -0.05) is 23.2 Å². The molecule has 1 aromatic heterocycles. The van der Waals surface area contributed by atoms with Crippen molar-refractivity contribution in [2.75, 3.05) is 0 Å². The van der Waals surface area contributed by atoms with E-state index in [9.17, 15) is 4.79 Å². The molecule has 3 N–H and O–H groups in total. The molecule has 0 bridgehead atoms. The zero-order valence-electron chi connectivity index (χ0n) is 8.00. The highest BCUT2D eigenvalue weighted by Crippen LogP contribution is 2.27. The average molecular weight is 256 g/mol. The van der Waals surface area contributed by atoms with Gasteiger partial charge in [-0.25, -0.2) is 5.84 Å². The Morgan fingerprint density at radius 3 is 2.75 bits per heavy atom. The monoisotopic (exact) mass is 255 g/mol. The van der Waals surface area contributed by atoms with Crippen molar-refractivity contribution in [3.05, 3.63) is 40.0 Å². The Hall–Kier alpha value is -1.36. The number of amides is 1. The van der Waals surface area contributed by atoms with Crippen molar-refractivity contribution in [2.45, 2.75) is 0 Å². The predicted octanol–water partition coefficient (Wildman–Crippen LogP) is 2.15. The summed E-state index contributed by atoms with van der Waals surface area (Å²) in [6, 6.07) is 4.88. The number of fused-ring (bicyclic) bond motifs is 1. The van der Waals surface area contributed by atoms with Crippen LogP contribution in [0.15, 0.2) is 24.4 Å². The SMILES string of the molecule is NNC(=O)c1cnc2cc(Cl)cc(Cl)c2c1. The second-order valence-electron chi connectivity index (χ2n) is 3.15. The number of halogens is 2. The average Bonchev–Trinajstić information content (AvgIpc) is 2.27. The van der Waals surface area contributed by atoms with Crippen LogP contribution in [0.1, 0.15) is 10.4 Å². The van der Waals surface area contributed by atoms with Crippen LogP contribution in [0.3, 0.4) is 0 Å². The van der Waals surface area contributed by atoms with E-state index in [1.807, 2.05) is 5.43 Å². The molecule has 0 unspecified atom stereocenters. The molecule has 2 rings (SSSR count). The molecule has 0 atom stereocenters. The molecule has 0 radical (unpaired) electrons. The van der Waals surface area contributed by atoms with Gasteiger partial charge < -0.3 is 0 Å². The summed E-state index contributed by atoms with van der Waals surface area (Å²) in [6.07, 6.45) is 1.41. The normalized spacial score (nSPS) is 10.4. The van der Waals surface area contributed by atoms with Crippen LogP contribution in [0, 0.1) is 0 Å². The number of nitrogens with one attached hydrogen (secondary N) is 1. The van der Waals surface area contributed by atoms with Crippen molar-refractivity contribution in [3.63, 3.8) is 0 Å². The topological polar surface area (TPSA) is 68.0 Å². The van der Waals surface area contributed by atoms with Crippen molar-refractivity contribution in [3.8, 4) is 0 Å². The highest BCUT2D eigenvalue weighted by Gasteiger charge is 2.08. The third kappa shape index (κ3) is 1.95. The summed E-state index contributed by atoms with van der Waals surface area (Å²) in [6.45, 7) is 0. The predicted molar refractivity (Wildman–Crippen MR) is 63.4 cm³/mol. The third-order valence-electron chi connectivity index (χ3n) is 2.11. The highest BCUT2D eigenvalue weighted by molar-refractivity contribution is 6.38. The van der Waals surface area contributed by atoms with E-state index in [0.717, 1.165) is 0 Å². The summed E-state index contributed by atoms with van der Waals surface area (Å²) in [5.74, 6) is 4.61. The van der Waals surface area contributed by atoms with Gasteiger partial charge in [-0.2, -0.15) is 0 Å². The molecule has 0 aliphatic carbocycles. The number of carbonyl (C=O) groups is 1. The lowest BCUT2D eigenvalue weighted by molar-refractivity contribution is 0.0953. The van der Waals surface area contributed by atoms with Crippen LogP contribution in [0.2, 0.25) is 10.0 Å². The van der Waals surface area contributed by atoms with Crippen LogP contribution in [0.5, 0.6) is 0 Å². The van der Waals surface area contributed by atoms with E-state index in [-0.39, 0.29) is 0 Å². The van der Waals surface area contributed by atoms with E-state index in [4.69, 9.17) is 29.0 Å². The Morgan fingerprint density at radius 1 is 1.31 bits per heavy atom. The lowest BCUT2D eigenvalue weighted by Gasteiger charge is -2.04. The summed E-state index contributed by atoms with van der Waals surface area (Å²) < 4.78 is 0. The Bertz CT molecular complexity index is 571. The molecule has 82 valence electrons. The van der Waals surface area contributed by atoms with Gasteiger partial charge in [0.2, 0.25) is 0 Å². The van der Waals surface area contributed by atoms with Crippen molar-refractivity contribution in [1.82, 2.24) is 10.4 Å². The van der Waals surface area contributed by atoms with E-state index in [2.05, 4.69) is 4.98 Å². The summed E-state index contributed by atoms with van der Waals surface area (Å²) in [7, 11) is 0. The molecule has 1 heterocycles. The number of rotatable bonds is 1. The van der Waals surface area contributed by atoms with Gasteiger partial charge in [0.25, 0.3) is 5.91 Å². The van der Waals surface area contributed by atoms with Crippen LogP contribution in [0.25, 0.3) is 10.9 Å². The number of pyridine rings is 1. The van der Waals surface area contributed by atoms with Crippen LogP contribution in [-0.4, -0.2) is 10.9 Å². The quantitative estimate of drug-likeness (QED) is 0.466. The summed E-state index contributed by atoms with van der Waals surface area (Å²) in [5.41, 5.74) is 3.01. The fourth-order valence-corrected chi connectivity index (χ4v) is 1.90. The number of nitrogen functional groups attached to an aromatic ring is 1. The first-order valence-corrected chi connectivity index (χ1v) is 5.13. The minimum absolute atomic E-state index is 0.347. The number of carbonyl (C=O) groups excluding carboxylic acids is 1. The standard InChI is InChI=1S/C10H7Cl2N3O/c11-6-2-8(12)7-1-5(10(16)15-13)4-14-9(7)3-6/h1-4H,13H2,(H,15,16). The second-order valence-corrected chi connectivity index (χ2v) is 4.00. The third-order valence-corrected chi connectivity index (χ3v) is 2.64. The largest absolute Gasteiger partial charge is 0.290 e. The fourth-order valence-electron chi connectivity index (χ4n) is 1.36. The maximum Gasteiger partial charge on any atom is 0.266 e. The lowest BCUT2D eigenvalue weighted by Crippen LogP contribution is -2.30. The van der Waals surface area contributed by atoms with Gasteiger partial charge in [-0.15, -0.1) is 0 Å². The molecule has 0 spiro atoms. The van der Waals surface area contributed by atoms with E-state index in [1.165, 1.54) is 6.20 Å². The molecule has 16 heavy (non-hydrogen) atoms.